The van der Waals surface area contributed by atoms with Gasteiger partial charge in [-0.1, -0.05) is 60.7 Å². The van der Waals surface area contributed by atoms with Gasteiger partial charge < -0.3 is 11.1 Å². The van der Waals surface area contributed by atoms with E-state index in [-0.39, 0.29) is 28.8 Å². The summed E-state index contributed by atoms with van der Waals surface area (Å²) in [7, 11) is 0. The lowest BCUT2D eigenvalue weighted by Gasteiger charge is -2.37. The fourth-order valence-corrected chi connectivity index (χ4v) is 3.55. The number of carbonyl (C=O) groups excluding carboxylic acids is 1. The maximum Gasteiger partial charge on any atom is 0.232 e. The number of carbonyl (C=O) groups is 1. The minimum absolute atomic E-state index is 0. The number of nitrogens with one attached hydrogen (secondary N) is 1. The SMILES string of the molecule is Br.NC(=O)C(c1ccccc1)(c1ccccc1)C1CCNC1. The molecule has 116 valence electrons. The van der Waals surface area contributed by atoms with Crippen LogP contribution in [0.4, 0.5) is 0 Å². The molecule has 1 aliphatic rings. The molecule has 3 N–H and O–H groups in total. The molecule has 1 atom stereocenters. The Labute approximate surface area is 141 Å². The number of rotatable bonds is 4. The second-order valence-electron chi connectivity index (χ2n) is 5.59. The molecule has 1 unspecified atom stereocenters. The van der Waals surface area contributed by atoms with E-state index < -0.39 is 5.41 Å². The van der Waals surface area contributed by atoms with Gasteiger partial charge in [-0.15, -0.1) is 17.0 Å². The molecule has 2 aromatic rings. The Morgan fingerprint density at radius 1 is 1.00 bits per heavy atom. The first-order chi connectivity index (χ1) is 10.3. The maximum atomic E-state index is 12.6. The van der Waals surface area contributed by atoms with E-state index in [4.69, 9.17) is 5.73 Å². The van der Waals surface area contributed by atoms with Gasteiger partial charge in [0.1, 0.15) is 5.41 Å². The molecule has 1 saturated heterocycles. The Morgan fingerprint density at radius 3 is 1.86 bits per heavy atom. The summed E-state index contributed by atoms with van der Waals surface area (Å²) in [6.07, 6.45) is 0.951. The average Bonchev–Trinajstić information content (AvgIpc) is 3.04. The number of hydrogen-bond donors (Lipinski definition) is 2. The van der Waals surface area contributed by atoms with Crippen molar-refractivity contribution in [3.8, 4) is 0 Å². The molecule has 2 aromatic carbocycles. The van der Waals surface area contributed by atoms with Crippen molar-refractivity contribution in [2.45, 2.75) is 11.8 Å². The van der Waals surface area contributed by atoms with Gasteiger partial charge in [0.25, 0.3) is 0 Å². The van der Waals surface area contributed by atoms with Gasteiger partial charge in [0, 0.05) is 0 Å². The first-order valence-electron chi connectivity index (χ1n) is 7.38. The van der Waals surface area contributed by atoms with Crippen molar-refractivity contribution in [3.05, 3.63) is 71.8 Å². The molecular weight excluding hydrogens is 340 g/mol. The van der Waals surface area contributed by atoms with E-state index in [1.165, 1.54) is 0 Å². The van der Waals surface area contributed by atoms with Gasteiger partial charge in [-0.05, 0) is 36.6 Å². The Morgan fingerprint density at radius 2 is 1.50 bits per heavy atom. The second-order valence-corrected chi connectivity index (χ2v) is 5.59. The summed E-state index contributed by atoms with van der Waals surface area (Å²) < 4.78 is 0. The summed E-state index contributed by atoms with van der Waals surface area (Å²) in [5, 5.41) is 3.36. The smallest absolute Gasteiger partial charge is 0.232 e. The quantitative estimate of drug-likeness (QED) is 0.880. The third kappa shape index (κ3) is 2.69. The standard InChI is InChI=1S/C18H20N2O.BrH/c19-17(21)18(16-11-12-20-13-16,14-7-3-1-4-8-14)15-9-5-2-6-10-15;/h1-10,16,20H,11-13H2,(H2,19,21);1H. The Kier molecular flexibility index (Phi) is 5.37. The lowest BCUT2D eigenvalue weighted by Crippen LogP contribution is -2.49. The zero-order valence-electron chi connectivity index (χ0n) is 12.4. The number of primary amides is 1. The van der Waals surface area contributed by atoms with Gasteiger partial charge in [0.15, 0.2) is 0 Å². The van der Waals surface area contributed by atoms with E-state index in [1.807, 2.05) is 60.7 Å². The molecule has 1 amide bonds. The second kappa shape index (κ2) is 7.07. The minimum atomic E-state index is -0.758. The first-order valence-corrected chi connectivity index (χ1v) is 7.38. The van der Waals surface area contributed by atoms with Gasteiger partial charge in [0.05, 0.1) is 0 Å². The van der Waals surface area contributed by atoms with Crippen LogP contribution in [-0.2, 0) is 10.2 Å². The number of hydrogen-bond acceptors (Lipinski definition) is 2. The zero-order valence-corrected chi connectivity index (χ0v) is 14.1. The van der Waals surface area contributed by atoms with Crippen molar-refractivity contribution < 1.29 is 4.79 Å². The molecule has 0 bridgehead atoms. The number of nitrogens with two attached hydrogens (primary N) is 1. The number of amides is 1. The van der Waals surface area contributed by atoms with Crippen LogP contribution in [0.2, 0.25) is 0 Å². The summed E-state index contributed by atoms with van der Waals surface area (Å²) in [6.45, 7) is 1.74. The highest BCUT2D eigenvalue weighted by atomic mass is 79.9. The van der Waals surface area contributed by atoms with Crippen LogP contribution in [0.3, 0.4) is 0 Å². The molecule has 3 rings (SSSR count). The van der Waals surface area contributed by atoms with Crippen LogP contribution < -0.4 is 11.1 Å². The molecule has 0 saturated carbocycles. The van der Waals surface area contributed by atoms with Crippen LogP contribution in [0, 0.1) is 5.92 Å². The van der Waals surface area contributed by atoms with Crippen molar-refractivity contribution in [1.82, 2.24) is 5.32 Å². The summed E-state index contributed by atoms with van der Waals surface area (Å²) >= 11 is 0. The van der Waals surface area contributed by atoms with Crippen molar-refractivity contribution in [1.29, 1.82) is 0 Å². The van der Waals surface area contributed by atoms with Crippen molar-refractivity contribution in [2.75, 3.05) is 13.1 Å². The molecule has 4 heteroatoms. The van der Waals surface area contributed by atoms with E-state index >= 15 is 0 Å². The van der Waals surface area contributed by atoms with Crippen LogP contribution in [0.5, 0.6) is 0 Å². The maximum absolute atomic E-state index is 12.6. The highest BCUT2D eigenvalue weighted by molar-refractivity contribution is 8.93. The van der Waals surface area contributed by atoms with Crippen LogP contribution in [0.15, 0.2) is 60.7 Å². The molecule has 0 spiro atoms. The Hall–Kier alpha value is -1.65. The molecule has 1 fully saturated rings. The summed E-state index contributed by atoms with van der Waals surface area (Å²) in [5.41, 5.74) is 7.16. The summed E-state index contributed by atoms with van der Waals surface area (Å²) in [5.74, 6) is -0.0894. The third-order valence-corrected chi connectivity index (χ3v) is 4.52. The molecule has 22 heavy (non-hydrogen) atoms. The highest BCUT2D eigenvalue weighted by Gasteiger charge is 2.48. The van der Waals surface area contributed by atoms with Gasteiger partial charge in [-0.3, -0.25) is 4.79 Å². The van der Waals surface area contributed by atoms with Crippen molar-refractivity contribution in [3.63, 3.8) is 0 Å². The molecular formula is C18H21BrN2O. The van der Waals surface area contributed by atoms with Gasteiger partial charge in [0.2, 0.25) is 5.91 Å². The minimum Gasteiger partial charge on any atom is -0.369 e. The Balaban J connectivity index is 0.00000176. The summed E-state index contributed by atoms with van der Waals surface area (Å²) in [4.78, 5) is 12.6. The fourth-order valence-electron chi connectivity index (χ4n) is 3.55. The van der Waals surface area contributed by atoms with Crippen LogP contribution in [-0.4, -0.2) is 19.0 Å². The van der Waals surface area contributed by atoms with E-state index in [0.717, 1.165) is 30.6 Å². The monoisotopic (exact) mass is 360 g/mol. The number of benzene rings is 2. The van der Waals surface area contributed by atoms with E-state index in [2.05, 4.69) is 5.32 Å². The van der Waals surface area contributed by atoms with Gasteiger partial charge >= 0.3 is 0 Å². The molecule has 3 nitrogen and oxygen atoms in total. The number of halogens is 1. The van der Waals surface area contributed by atoms with E-state index in [9.17, 15) is 4.79 Å². The van der Waals surface area contributed by atoms with Crippen LogP contribution in [0.1, 0.15) is 17.5 Å². The van der Waals surface area contributed by atoms with Crippen molar-refractivity contribution in [2.24, 2.45) is 11.7 Å². The highest BCUT2D eigenvalue weighted by Crippen LogP contribution is 2.41. The Bertz CT molecular complexity index is 570. The van der Waals surface area contributed by atoms with Crippen LogP contribution in [0.25, 0.3) is 0 Å². The predicted molar refractivity (Wildman–Crippen MR) is 94.2 cm³/mol. The summed E-state index contributed by atoms with van der Waals surface area (Å²) in [6, 6.07) is 19.9. The largest absolute Gasteiger partial charge is 0.369 e. The van der Waals surface area contributed by atoms with Crippen LogP contribution >= 0.6 is 17.0 Å². The molecule has 1 aliphatic heterocycles. The lowest BCUT2D eigenvalue weighted by atomic mass is 9.65. The van der Waals surface area contributed by atoms with Gasteiger partial charge in [-0.25, -0.2) is 0 Å². The first kappa shape index (κ1) is 16.7. The molecule has 1 heterocycles. The third-order valence-electron chi connectivity index (χ3n) is 4.52. The van der Waals surface area contributed by atoms with E-state index in [0.29, 0.717) is 0 Å². The normalized spacial score (nSPS) is 17.7. The van der Waals surface area contributed by atoms with E-state index in [1.54, 1.807) is 0 Å². The molecule has 0 radical (unpaired) electrons. The molecule has 0 aromatic heterocycles. The topological polar surface area (TPSA) is 55.1 Å². The van der Waals surface area contributed by atoms with Gasteiger partial charge in [-0.2, -0.15) is 0 Å². The van der Waals surface area contributed by atoms with Crippen molar-refractivity contribution >= 4 is 22.9 Å². The average molecular weight is 361 g/mol. The fraction of sp³-hybridized carbons (Fsp3) is 0.278. The predicted octanol–water partition coefficient (Wildman–Crippen LogP) is 2.65. The zero-order chi connectivity index (χ0) is 14.7. The molecule has 0 aliphatic carbocycles. The lowest BCUT2D eigenvalue weighted by molar-refractivity contribution is -0.123.